The third kappa shape index (κ3) is 2.87. The van der Waals surface area contributed by atoms with Crippen molar-refractivity contribution < 1.29 is 14.7 Å². The van der Waals surface area contributed by atoms with Gasteiger partial charge in [-0.25, -0.2) is 4.79 Å². The summed E-state index contributed by atoms with van der Waals surface area (Å²) >= 11 is 0. The Balaban J connectivity index is 2.52. The highest BCUT2D eigenvalue weighted by Crippen LogP contribution is 2.48. The molecule has 1 aliphatic carbocycles. The highest BCUT2D eigenvalue weighted by atomic mass is 16.4. The second kappa shape index (κ2) is 6.42. The maximum absolute atomic E-state index is 12.0. The van der Waals surface area contributed by atoms with Crippen LogP contribution in [0.1, 0.15) is 57.1 Å². The molecule has 1 aromatic carbocycles. The SMILES string of the molecule is CCC(CC)C1(CC(=O)C(=O)O)CCCc2ccccc21. The van der Waals surface area contributed by atoms with E-state index in [1.807, 2.05) is 12.1 Å². The molecule has 21 heavy (non-hydrogen) atoms. The van der Waals surface area contributed by atoms with Crippen molar-refractivity contribution in [1.82, 2.24) is 0 Å². The van der Waals surface area contributed by atoms with Crippen LogP contribution in [0.25, 0.3) is 0 Å². The molecule has 0 aromatic heterocycles. The smallest absolute Gasteiger partial charge is 0.372 e. The van der Waals surface area contributed by atoms with Crippen molar-refractivity contribution in [2.24, 2.45) is 5.92 Å². The van der Waals surface area contributed by atoms with E-state index in [2.05, 4.69) is 26.0 Å². The predicted molar refractivity (Wildman–Crippen MR) is 82.4 cm³/mol. The van der Waals surface area contributed by atoms with Crippen molar-refractivity contribution >= 4 is 11.8 Å². The van der Waals surface area contributed by atoms with E-state index in [4.69, 9.17) is 5.11 Å². The molecule has 3 nitrogen and oxygen atoms in total. The molecule has 0 heterocycles. The van der Waals surface area contributed by atoms with Gasteiger partial charge in [0.15, 0.2) is 0 Å². The fourth-order valence-corrected chi connectivity index (χ4v) is 4.14. The summed E-state index contributed by atoms with van der Waals surface area (Å²) in [7, 11) is 0. The Morgan fingerprint density at radius 3 is 2.52 bits per heavy atom. The summed E-state index contributed by atoms with van der Waals surface area (Å²) < 4.78 is 0. The number of aryl methyl sites for hydroxylation is 1. The Bertz CT molecular complexity index is 531. The molecule has 1 unspecified atom stereocenters. The summed E-state index contributed by atoms with van der Waals surface area (Å²) in [6, 6.07) is 8.26. The first-order valence-electron chi connectivity index (χ1n) is 7.89. The number of carboxylic acid groups (broad SMARTS) is 1. The van der Waals surface area contributed by atoms with Gasteiger partial charge in [0, 0.05) is 11.8 Å². The zero-order valence-corrected chi connectivity index (χ0v) is 12.9. The van der Waals surface area contributed by atoms with Crippen molar-refractivity contribution in [3.8, 4) is 0 Å². The average molecular weight is 288 g/mol. The summed E-state index contributed by atoms with van der Waals surface area (Å²) in [4.78, 5) is 23.0. The summed E-state index contributed by atoms with van der Waals surface area (Å²) in [5.74, 6) is -1.61. The first-order valence-corrected chi connectivity index (χ1v) is 7.89. The number of carboxylic acids is 1. The highest BCUT2D eigenvalue weighted by molar-refractivity contribution is 6.32. The first kappa shape index (κ1) is 15.7. The molecule has 2 rings (SSSR count). The van der Waals surface area contributed by atoms with E-state index in [9.17, 15) is 9.59 Å². The van der Waals surface area contributed by atoms with Gasteiger partial charge in [0.1, 0.15) is 0 Å². The minimum atomic E-state index is -1.30. The third-order valence-corrected chi connectivity index (χ3v) is 5.10. The number of carbonyl (C=O) groups is 2. The lowest BCUT2D eigenvalue weighted by Crippen LogP contribution is -2.41. The van der Waals surface area contributed by atoms with Crippen LogP contribution in [-0.2, 0) is 21.4 Å². The average Bonchev–Trinajstić information content (AvgIpc) is 2.48. The molecular formula is C18H24O3. The van der Waals surface area contributed by atoms with Crippen LogP contribution >= 0.6 is 0 Å². The summed E-state index contributed by atoms with van der Waals surface area (Å²) in [6.45, 7) is 4.27. The number of ketones is 1. The molecule has 1 aliphatic rings. The fraction of sp³-hybridized carbons (Fsp3) is 0.556. The molecule has 0 fully saturated rings. The second-order valence-electron chi connectivity index (χ2n) is 6.09. The number of Topliss-reactive ketones (excluding diaryl/α,β-unsaturated/α-hetero) is 1. The zero-order chi connectivity index (χ0) is 15.5. The molecule has 1 aromatic rings. The number of carbonyl (C=O) groups excluding carboxylic acids is 1. The number of hydrogen-bond acceptors (Lipinski definition) is 2. The molecular weight excluding hydrogens is 264 g/mol. The second-order valence-corrected chi connectivity index (χ2v) is 6.09. The molecule has 0 saturated heterocycles. The predicted octanol–water partition coefficient (Wildman–Crippen LogP) is 3.74. The van der Waals surface area contributed by atoms with Crippen molar-refractivity contribution in [2.45, 2.75) is 57.8 Å². The Morgan fingerprint density at radius 2 is 1.90 bits per heavy atom. The van der Waals surface area contributed by atoms with Gasteiger partial charge in [0.2, 0.25) is 5.78 Å². The molecule has 0 radical (unpaired) electrons. The van der Waals surface area contributed by atoms with Crippen LogP contribution in [0.15, 0.2) is 24.3 Å². The van der Waals surface area contributed by atoms with Crippen LogP contribution in [0.2, 0.25) is 0 Å². The van der Waals surface area contributed by atoms with Crippen molar-refractivity contribution in [2.75, 3.05) is 0 Å². The molecule has 3 heteroatoms. The number of fused-ring (bicyclic) bond motifs is 1. The lowest BCUT2D eigenvalue weighted by Gasteiger charge is -2.44. The van der Waals surface area contributed by atoms with Gasteiger partial charge in [-0.05, 0) is 36.3 Å². The number of hydrogen-bond donors (Lipinski definition) is 1. The Kier molecular flexibility index (Phi) is 4.81. The van der Waals surface area contributed by atoms with Crippen molar-refractivity contribution in [3.63, 3.8) is 0 Å². The quantitative estimate of drug-likeness (QED) is 0.811. The molecule has 114 valence electrons. The third-order valence-electron chi connectivity index (χ3n) is 5.10. The van der Waals surface area contributed by atoms with Crippen LogP contribution < -0.4 is 0 Å². The molecule has 1 N–H and O–H groups in total. The van der Waals surface area contributed by atoms with Gasteiger partial charge in [-0.1, -0.05) is 51.0 Å². The van der Waals surface area contributed by atoms with E-state index in [1.165, 1.54) is 11.1 Å². The number of benzene rings is 1. The van der Waals surface area contributed by atoms with Gasteiger partial charge in [0.05, 0.1) is 0 Å². The Morgan fingerprint density at radius 1 is 1.24 bits per heavy atom. The van der Waals surface area contributed by atoms with Crippen LogP contribution in [0.3, 0.4) is 0 Å². The maximum Gasteiger partial charge on any atom is 0.372 e. The molecule has 0 saturated carbocycles. The van der Waals surface area contributed by atoms with Crippen molar-refractivity contribution in [1.29, 1.82) is 0 Å². The standard InChI is InChI=1S/C18H24O3/c1-3-14(4-2)18(12-16(19)17(20)21)11-7-9-13-8-5-6-10-15(13)18/h5-6,8,10,14H,3-4,7,9,11-12H2,1-2H3,(H,20,21). The number of aliphatic carboxylic acids is 1. The van der Waals surface area contributed by atoms with E-state index < -0.39 is 11.8 Å². The Labute approximate surface area is 126 Å². The van der Waals surface area contributed by atoms with Crippen molar-refractivity contribution in [3.05, 3.63) is 35.4 Å². The van der Waals surface area contributed by atoms with Crippen LogP contribution in [0.5, 0.6) is 0 Å². The summed E-state index contributed by atoms with van der Waals surface area (Å²) in [5.41, 5.74) is 2.20. The summed E-state index contributed by atoms with van der Waals surface area (Å²) in [5, 5.41) is 9.05. The Hall–Kier alpha value is -1.64. The topological polar surface area (TPSA) is 54.4 Å². The molecule has 1 atom stereocenters. The van der Waals surface area contributed by atoms with Crippen LogP contribution in [0, 0.1) is 5.92 Å². The van der Waals surface area contributed by atoms with Gasteiger partial charge in [-0.15, -0.1) is 0 Å². The fourth-order valence-electron chi connectivity index (χ4n) is 4.14. The minimum Gasteiger partial charge on any atom is -0.476 e. The largest absolute Gasteiger partial charge is 0.476 e. The van der Waals surface area contributed by atoms with E-state index in [0.29, 0.717) is 5.92 Å². The molecule has 0 amide bonds. The normalized spacial score (nSPS) is 21.1. The van der Waals surface area contributed by atoms with E-state index in [1.54, 1.807) is 0 Å². The first-order chi connectivity index (χ1) is 10.0. The minimum absolute atomic E-state index is 0.131. The van der Waals surface area contributed by atoms with Crippen LogP contribution in [0.4, 0.5) is 0 Å². The van der Waals surface area contributed by atoms with Gasteiger partial charge in [-0.3, -0.25) is 4.79 Å². The number of rotatable bonds is 6. The summed E-state index contributed by atoms with van der Waals surface area (Å²) in [6.07, 6.45) is 5.04. The molecule has 0 spiro atoms. The molecule has 0 aliphatic heterocycles. The van der Waals surface area contributed by atoms with Crippen LogP contribution in [-0.4, -0.2) is 16.9 Å². The van der Waals surface area contributed by atoms with Gasteiger partial charge in [0.25, 0.3) is 0 Å². The van der Waals surface area contributed by atoms with Gasteiger partial charge < -0.3 is 5.11 Å². The zero-order valence-electron chi connectivity index (χ0n) is 12.9. The maximum atomic E-state index is 12.0. The van der Waals surface area contributed by atoms with E-state index in [0.717, 1.165) is 32.1 Å². The van der Waals surface area contributed by atoms with Gasteiger partial charge >= 0.3 is 5.97 Å². The highest BCUT2D eigenvalue weighted by Gasteiger charge is 2.44. The van der Waals surface area contributed by atoms with E-state index in [-0.39, 0.29) is 11.8 Å². The van der Waals surface area contributed by atoms with E-state index >= 15 is 0 Å². The lowest BCUT2D eigenvalue weighted by atomic mass is 9.59. The van der Waals surface area contributed by atoms with Gasteiger partial charge in [-0.2, -0.15) is 0 Å². The monoisotopic (exact) mass is 288 g/mol. The lowest BCUT2D eigenvalue weighted by molar-refractivity contribution is -0.150. The molecule has 0 bridgehead atoms.